The van der Waals surface area contributed by atoms with E-state index in [-0.39, 0.29) is 35.8 Å². The highest BCUT2D eigenvalue weighted by molar-refractivity contribution is 5.81. The fraction of sp³-hybridized carbons (Fsp3) is 0.348. The summed E-state index contributed by atoms with van der Waals surface area (Å²) in [5.41, 5.74) is 7.94. The second kappa shape index (κ2) is 9.36. The quantitative estimate of drug-likeness (QED) is 0.610. The molecule has 1 aliphatic heterocycles. The zero-order chi connectivity index (χ0) is 21.8. The summed E-state index contributed by atoms with van der Waals surface area (Å²) in [6.07, 6.45) is 3.86. The maximum absolute atomic E-state index is 13.4. The van der Waals surface area contributed by atoms with Gasteiger partial charge < -0.3 is 4.90 Å². The van der Waals surface area contributed by atoms with E-state index in [0.29, 0.717) is 17.4 Å². The van der Waals surface area contributed by atoms with E-state index >= 15 is 0 Å². The Bertz CT molecular complexity index is 1130. The minimum Gasteiger partial charge on any atom is -0.344 e. The summed E-state index contributed by atoms with van der Waals surface area (Å²) >= 11 is 0. The summed E-state index contributed by atoms with van der Waals surface area (Å²) in [6.45, 7) is 0.710. The molecule has 2 N–H and O–H groups in total. The molecule has 0 aliphatic carbocycles. The standard InChI is InChI=1S/C23H26FN5O2/c1-28(23(31)15-29-21-10-3-2-9-19(21)22(30)14-25-29)11-5-8-18-13-20(27-26-18)16-6-4-7-17(24)12-16/h2-4,6-7,9-10,12,14,18,20,26-27H,5,8,11,13,15H2,1H3. The van der Waals surface area contributed by atoms with Crippen LogP contribution in [0.2, 0.25) is 0 Å². The summed E-state index contributed by atoms with van der Waals surface area (Å²) in [5, 5.41) is 4.68. The van der Waals surface area contributed by atoms with Gasteiger partial charge in [0, 0.05) is 31.1 Å². The molecule has 1 amide bonds. The van der Waals surface area contributed by atoms with Gasteiger partial charge in [-0.25, -0.2) is 4.39 Å². The molecule has 162 valence electrons. The number of halogens is 1. The van der Waals surface area contributed by atoms with Gasteiger partial charge in [0.25, 0.3) is 0 Å². The van der Waals surface area contributed by atoms with Crippen LogP contribution in [0.15, 0.2) is 59.5 Å². The molecule has 1 fully saturated rings. The predicted molar refractivity (Wildman–Crippen MR) is 117 cm³/mol. The highest BCUT2D eigenvalue weighted by atomic mass is 19.1. The number of hydrogen-bond donors (Lipinski definition) is 2. The monoisotopic (exact) mass is 423 g/mol. The number of para-hydroxylation sites is 1. The van der Waals surface area contributed by atoms with Gasteiger partial charge in [-0.1, -0.05) is 24.3 Å². The Labute approximate surface area is 179 Å². The van der Waals surface area contributed by atoms with Crippen molar-refractivity contribution in [3.63, 3.8) is 0 Å². The van der Waals surface area contributed by atoms with E-state index in [0.717, 1.165) is 24.8 Å². The molecule has 4 rings (SSSR count). The van der Waals surface area contributed by atoms with Crippen LogP contribution in [0.1, 0.15) is 30.9 Å². The summed E-state index contributed by atoms with van der Waals surface area (Å²) < 4.78 is 15.0. The van der Waals surface area contributed by atoms with Crippen LogP contribution in [0.3, 0.4) is 0 Å². The molecule has 0 bridgehead atoms. The van der Waals surface area contributed by atoms with Crippen LogP contribution in [0.5, 0.6) is 0 Å². The number of amides is 1. The van der Waals surface area contributed by atoms with E-state index in [4.69, 9.17) is 0 Å². The lowest BCUT2D eigenvalue weighted by Gasteiger charge is -2.19. The number of hydrazine groups is 1. The van der Waals surface area contributed by atoms with Crippen LogP contribution in [0.4, 0.5) is 4.39 Å². The molecule has 0 spiro atoms. The molecule has 3 aromatic rings. The normalized spacial score (nSPS) is 18.4. The third kappa shape index (κ3) is 4.98. The maximum atomic E-state index is 13.4. The second-order valence-electron chi connectivity index (χ2n) is 7.97. The molecule has 7 nitrogen and oxygen atoms in total. The Kier molecular flexibility index (Phi) is 6.39. The van der Waals surface area contributed by atoms with E-state index in [9.17, 15) is 14.0 Å². The Balaban J connectivity index is 1.27. The number of hydrogen-bond acceptors (Lipinski definition) is 5. The van der Waals surface area contributed by atoms with Crippen LogP contribution in [0, 0.1) is 5.82 Å². The molecule has 2 aromatic carbocycles. The smallest absolute Gasteiger partial charge is 0.244 e. The molecule has 1 aliphatic rings. The summed E-state index contributed by atoms with van der Waals surface area (Å²) in [5.74, 6) is -0.288. The fourth-order valence-electron chi connectivity index (χ4n) is 3.99. The van der Waals surface area contributed by atoms with Crippen molar-refractivity contribution in [2.75, 3.05) is 13.6 Å². The average Bonchev–Trinajstić information content (AvgIpc) is 3.25. The number of fused-ring (bicyclic) bond motifs is 1. The van der Waals surface area contributed by atoms with Gasteiger partial charge >= 0.3 is 0 Å². The van der Waals surface area contributed by atoms with Crippen molar-refractivity contribution < 1.29 is 9.18 Å². The van der Waals surface area contributed by atoms with Crippen LogP contribution in [-0.4, -0.2) is 40.2 Å². The van der Waals surface area contributed by atoms with Crippen molar-refractivity contribution >= 4 is 16.8 Å². The molecule has 8 heteroatoms. The molecule has 1 aromatic heterocycles. The first kappa shape index (κ1) is 21.1. The zero-order valence-electron chi connectivity index (χ0n) is 17.4. The van der Waals surface area contributed by atoms with Crippen LogP contribution >= 0.6 is 0 Å². The first-order chi connectivity index (χ1) is 15.0. The number of rotatable bonds is 7. The van der Waals surface area contributed by atoms with Crippen LogP contribution < -0.4 is 16.3 Å². The number of benzene rings is 2. The molecule has 2 unspecified atom stereocenters. The van der Waals surface area contributed by atoms with Crippen LogP contribution in [0.25, 0.3) is 10.9 Å². The molecule has 31 heavy (non-hydrogen) atoms. The molecule has 2 atom stereocenters. The van der Waals surface area contributed by atoms with Crippen molar-refractivity contribution in [1.82, 2.24) is 25.5 Å². The summed E-state index contributed by atoms with van der Waals surface area (Å²) in [6, 6.07) is 14.2. The van der Waals surface area contributed by atoms with Gasteiger partial charge in [-0.3, -0.25) is 25.1 Å². The Morgan fingerprint density at radius 1 is 1.23 bits per heavy atom. The number of aromatic nitrogens is 2. The molecule has 0 radical (unpaired) electrons. The van der Waals surface area contributed by atoms with Gasteiger partial charge in [0.1, 0.15) is 12.4 Å². The number of likely N-dealkylation sites (N-methyl/N-ethyl adjacent to an activating group) is 1. The molecule has 1 saturated heterocycles. The largest absolute Gasteiger partial charge is 0.344 e. The Morgan fingerprint density at radius 3 is 2.90 bits per heavy atom. The van der Waals surface area contributed by atoms with Crippen LogP contribution in [-0.2, 0) is 11.3 Å². The van der Waals surface area contributed by atoms with Crippen molar-refractivity contribution in [3.05, 3.63) is 76.3 Å². The van der Waals surface area contributed by atoms with Gasteiger partial charge in [-0.05, 0) is 49.1 Å². The zero-order valence-corrected chi connectivity index (χ0v) is 17.4. The highest BCUT2D eigenvalue weighted by Crippen LogP contribution is 2.24. The first-order valence-corrected chi connectivity index (χ1v) is 10.5. The number of carbonyl (C=O) groups is 1. The van der Waals surface area contributed by atoms with E-state index in [1.807, 2.05) is 12.1 Å². The number of nitrogens with zero attached hydrogens (tertiary/aromatic N) is 3. The highest BCUT2D eigenvalue weighted by Gasteiger charge is 2.25. The second-order valence-corrected chi connectivity index (χ2v) is 7.97. The third-order valence-electron chi connectivity index (χ3n) is 5.75. The lowest BCUT2D eigenvalue weighted by atomic mass is 9.99. The molecular formula is C23H26FN5O2. The van der Waals surface area contributed by atoms with E-state index < -0.39 is 0 Å². The summed E-state index contributed by atoms with van der Waals surface area (Å²) in [4.78, 5) is 26.3. The number of carbonyl (C=O) groups excluding carboxylic acids is 1. The van der Waals surface area contributed by atoms with Crippen molar-refractivity contribution in [2.45, 2.75) is 37.9 Å². The van der Waals surface area contributed by atoms with Gasteiger partial charge in [0.15, 0.2) is 0 Å². The predicted octanol–water partition coefficient (Wildman–Crippen LogP) is 2.38. The van der Waals surface area contributed by atoms with Gasteiger partial charge in [-0.15, -0.1) is 0 Å². The Hall–Kier alpha value is -3.10. The maximum Gasteiger partial charge on any atom is 0.244 e. The lowest BCUT2D eigenvalue weighted by molar-refractivity contribution is -0.130. The lowest BCUT2D eigenvalue weighted by Crippen LogP contribution is -2.34. The molecule has 0 saturated carbocycles. The fourth-order valence-corrected chi connectivity index (χ4v) is 3.99. The topological polar surface area (TPSA) is 79.3 Å². The number of nitrogens with one attached hydrogen (secondary N) is 2. The van der Waals surface area contributed by atoms with E-state index in [1.165, 1.54) is 12.3 Å². The minimum atomic E-state index is -0.229. The average molecular weight is 423 g/mol. The summed E-state index contributed by atoms with van der Waals surface area (Å²) in [7, 11) is 1.78. The van der Waals surface area contributed by atoms with Gasteiger partial charge in [-0.2, -0.15) is 5.10 Å². The minimum absolute atomic E-state index is 0.0588. The molecular weight excluding hydrogens is 397 g/mol. The van der Waals surface area contributed by atoms with Crippen molar-refractivity contribution in [3.8, 4) is 0 Å². The molecule has 2 heterocycles. The van der Waals surface area contributed by atoms with Crippen molar-refractivity contribution in [2.24, 2.45) is 0 Å². The van der Waals surface area contributed by atoms with Gasteiger partial charge in [0.05, 0.1) is 11.7 Å². The first-order valence-electron chi connectivity index (χ1n) is 10.5. The van der Waals surface area contributed by atoms with Crippen molar-refractivity contribution in [1.29, 1.82) is 0 Å². The Morgan fingerprint density at radius 2 is 2.06 bits per heavy atom. The van der Waals surface area contributed by atoms with Gasteiger partial charge in [0.2, 0.25) is 11.3 Å². The van der Waals surface area contributed by atoms with E-state index in [1.54, 1.807) is 47.0 Å². The van der Waals surface area contributed by atoms with E-state index in [2.05, 4.69) is 16.0 Å². The SMILES string of the molecule is CN(CCCC1CC(c2cccc(F)c2)NN1)C(=O)Cn1ncc(=O)c2ccccc21. The third-order valence-corrected chi connectivity index (χ3v) is 5.75.